The van der Waals surface area contributed by atoms with E-state index in [4.69, 9.17) is 21.1 Å². The zero-order valence-electron chi connectivity index (χ0n) is 11.6. The number of hydrogen-bond acceptors (Lipinski definition) is 2. The molecule has 1 atom stereocenters. The van der Waals surface area contributed by atoms with Crippen molar-refractivity contribution in [3.63, 3.8) is 0 Å². The molecular weight excluding hydrogens is 272 g/mol. The van der Waals surface area contributed by atoms with Crippen molar-refractivity contribution in [1.29, 1.82) is 0 Å². The average Bonchev–Trinajstić information content (AvgIpc) is 2.46. The fourth-order valence-electron chi connectivity index (χ4n) is 2.52. The van der Waals surface area contributed by atoms with Crippen LogP contribution in [0.1, 0.15) is 19.4 Å². The molecule has 0 radical (unpaired) electrons. The molecular formula is C17H17ClO2. The van der Waals surface area contributed by atoms with Crippen molar-refractivity contribution in [2.24, 2.45) is 5.41 Å². The first-order chi connectivity index (χ1) is 9.53. The summed E-state index contributed by atoms with van der Waals surface area (Å²) in [6.07, 6.45) is 0. The number of benzene rings is 2. The van der Waals surface area contributed by atoms with Gasteiger partial charge in [0.05, 0.1) is 12.0 Å². The fourth-order valence-corrected chi connectivity index (χ4v) is 2.64. The molecule has 1 heterocycles. The monoisotopic (exact) mass is 288 g/mol. The fraction of sp³-hybridized carbons (Fsp3) is 0.294. The summed E-state index contributed by atoms with van der Waals surface area (Å²) in [4.78, 5) is 0. The third kappa shape index (κ3) is 2.09. The van der Waals surface area contributed by atoms with Gasteiger partial charge >= 0.3 is 0 Å². The van der Waals surface area contributed by atoms with Gasteiger partial charge < -0.3 is 9.47 Å². The molecule has 0 spiro atoms. The topological polar surface area (TPSA) is 18.5 Å². The summed E-state index contributed by atoms with van der Waals surface area (Å²) in [7, 11) is 0. The second-order valence-corrected chi connectivity index (χ2v) is 6.15. The molecule has 1 aliphatic heterocycles. The van der Waals surface area contributed by atoms with Crippen LogP contribution >= 0.6 is 11.6 Å². The van der Waals surface area contributed by atoms with E-state index in [2.05, 4.69) is 13.8 Å². The van der Waals surface area contributed by atoms with E-state index in [-0.39, 0.29) is 5.41 Å². The van der Waals surface area contributed by atoms with Gasteiger partial charge in [0, 0.05) is 10.6 Å². The maximum absolute atomic E-state index is 6.21. The second kappa shape index (κ2) is 4.80. The van der Waals surface area contributed by atoms with Crippen LogP contribution in [-0.2, 0) is 10.5 Å². The van der Waals surface area contributed by atoms with Gasteiger partial charge in [0.25, 0.3) is 0 Å². The van der Waals surface area contributed by atoms with Crippen molar-refractivity contribution in [1.82, 2.24) is 0 Å². The van der Waals surface area contributed by atoms with Crippen LogP contribution in [0.2, 0.25) is 5.02 Å². The van der Waals surface area contributed by atoms with Gasteiger partial charge in [-0.1, -0.05) is 55.8 Å². The Bertz CT molecular complexity index is 592. The first kappa shape index (κ1) is 13.5. The lowest BCUT2D eigenvalue weighted by Crippen LogP contribution is -2.61. The largest absolute Gasteiger partial charge is 0.457 e. The molecule has 104 valence electrons. The molecule has 0 N–H and O–H groups in total. The first-order valence-electron chi connectivity index (χ1n) is 6.68. The molecule has 0 amide bonds. The van der Waals surface area contributed by atoms with Crippen molar-refractivity contribution < 1.29 is 9.47 Å². The first-order valence-corrected chi connectivity index (χ1v) is 7.05. The van der Waals surface area contributed by atoms with Crippen LogP contribution in [-0.4, -0.2) is 6.61 Å². The molecule has 0 aliphatic carbocycles. The van der Waals surface area contributed by atoms with Crippen LogP contribution in [0.25, 0.3) is 0 Å². The summed E-state index contributed by atoms with van der Waals surface area (Å²) < 4.78 is 12.1. The summed E-state index contributed by atoms with van der Waals surface area (Å²) >= 11 is 5.97. The highest BCUT2D eigenvalue weighted by Crippen LogP contribution is 2.52. The highest BCUT2D eigenvalue weighted by molar-refractivity contribution is 6.30. The molecule has 1 fully saturated rings. The third-order valence-corrected chi connectivity index (χ3v) is 4.01. The highest BCUT2D eigenvalue weighted by Gasteiger charge is 2.59. The summed E-state index contributed by atoms with van der Waals surface area (Å²) in [5.74, 6) is 0.0501. The lowest BCUT2D eigenvalue weighted by atomic mass is 9.75. The van der Waals surface area contributed by atoms with E-state index in [9.17, 15) is 0 Å². The number of ether oxygens (including phenoxy) is 2. The van der Waals surface area contributed by atoms with Gasteiger partial charge in [0.2, 0.25) is 5.79 Å². The Morgan fingerprint density at radius 3 is 2.15 bits per heavy atom. The number of hydrogen-bond donors (Lipinski definition) is 0. The zero-order valence-corrected chi connectivity index (χ0v) is 12.4. The molecule has 1 aliphatic rings. The van der Waals surface area contributed by atoms with E-state index in [0.29, 0.717) is 11.6 Å². The van der Waals surface area contributed by atoms with Gasteiger partial charge in [-0.3, -0.25) is 0 Å². The van der Waals surface area contributed by atoms with Crippen LogP contribution in [0.3, 0.4) is 0 Å². The number of halogens is 1. The van der Waals surface area contributed by atoms with E-state index < -0.39 is 5.79 Å². The second-order valence-electron chi connectivity index (χ2n) is 5.71. The normalized spacial score (nSPS) is 23.9. The van der Waals surface area contributed by atoms with Crippen molar-refractivity contribution in [2.45, 2.75) is 19.6 Å². The van der Waals surface area contributed by atoms with Gasteiger partial charge in [-0.15, -0.1) is 0 Å². The molecule has 2 nitrogen and oxygen atoms in total. The van der Waals surface area contributed by atoms with Crippen LogP contribution < -0.4 is 4.74 Å². The Labute approximate surface area is 124 Å². The standard InChI is InChI=1S/C17H17ClO2/c1-16(2)12-19-17(16,13-8-10-14(18)11-9-13)20-15-6-4-3-5-7-15/h3-11H,12H2,1-2H3. The van der Waals surface area contributed by atoms with Crippen LogP contribution in [0.4, 0.5) is 0 Å². The predicted octanol–water partition coefficient (Wildman–Crippen LogP) is 4.63. The Hall–Kier alpha value is -1.51. The van der Waals surface area contributed by atoms with Gasteiger partial charge in [-0.25, -0.2) is 0 Å². The van der Waals surface area contributed by atoms with Crippen molar-refractivity contribution in [3.8, 4) is 5.75 Å². The van der Waals surface area contributed by atoms with Gasteiger partial charge in [-0.2, -0.15) is 0 Å². The molecule has 1 saturated heterocycles. The minimum Gasteiger partial charge on any atom is -0.457 e. The maximum Gasteiger partial charge on any atom is 0.244 e. The van der Waals surface area contributed by atoms with E-state index >= 15 is 0 Å². The van der Waals surface area contributed by atoms with Gasteiger partial charge in [0.1, 0.15) is 5.75 Å². The van der Waals surface area contributed by atoms with Crippen molar-refractivity contribution in [2.75, 3.05) is 6.61 Å². The molecule has 0 aromatic heterocycles. The van der Waals surface area contributed by atoms with Crippen LogP contribution in [0, 0.1) is 5.41 Å². The van der Waals surface area contributed by atoms with Crippen LogP contribution in [0.15, 0.2) is 54.6 Å². The average molecular weight is 289 g/mol. The molecule has 20 heavy (non-hydrogen) atoms. The Morgan fingerprint density at radius 1 is 1.00 bits per heavy atom. The van der Waals surface area contributed by atoms with E-state index in [0.717, 1.165) is 11.3 Å². The Kier molecular flexibility index (Phi) is 3.23. The molecule has 2 aromatic rings. The molecule has 1 unspecified atom stereocenters. The molecule has 0 bridgehead atoms. The lowest BCUT2D eigenvalue weighted by molar-refractivity contribution is -0.360. The quantitative estimate of drug-likeness (QED) is 0.820. The Morgan fingerprint density at radius 2 is 1.65 bits per heavy atom. The summed E-state index contributed by atoms with van der Waals surface area (Å²) in [6.45, 7) is 4.96. The molecule has 3 heteroatoms. The predicted molar refractivity (Wildman–Crippen MR) is 79.9 cm³/mol. The Balaban J connectivity index is 2.00. The smallest absolute Gasteiger partial charge is 0.244 e. The number of para-hydroxylation sites is 1. The minimum absolute atomic E-state index is 0.101. The van der Waals surface area contributed by atoms with Gasteiger partial charge in [-0.05, 0) is 24.3 Å². The minimum atomic E-state index is -0.751. The van der Waals surface area contributed by atoms with Gasteiger partial charge in [0.15, 0.2) is 0 Å². The summed E-state index contributed by atoms with van der Waals surface area (Å²) in [5.41, 5.74) is 0.887. The van der Waals surface area contributed by atoms with E-state index in [1.165, 1.54) is 0 Å². The lowest BCUT2D eigenvalue weighted by Gasteiger charge is -2.54. The summed E-state index contributed by atoms with van der Waals surface area (Å²) in [6, 6.07) is 17.4. The van der Waals surface area contributed by atoms with E-state index in [1.54, 1.807) is 0 Å². The maximum atomic E-state index is 6.21. The third-order valence-electron chi connectivity index (χ3n) is 3.76. The van der Waals surface area contributed by atoms with Crippen molar-refractivity contribution >= 4 is 11.6 Å². The SMILES string of the molecule is CC1(C)COC1(Oc1ccccc1)c1ccc(Cl)cc1. The molecule has 0 saturated carbocycles. The summed E-state index contributed by atoms with van der Waals surface area (Å²) in [5, 5.41) is 0.709. The molecule has 2 aromatic carbocycles. The zero-order chi connectivity index (χ0) is 14.2. The van der Waals surface area contributed by atoms with Crippen LogP contribution in [0.5, 0.6) is 5.75 Å². The van der Waals surface area contributed by atoms with E-state index in [1.807, 2.05) is 54.6 Å². The number of rotatable bonds is 3. The molecule has 3 rings (SSSR count). The highest BCUT2D eigenvalue weighted by atomic mass is 35.5. The van der Waals surface area contributed by atoms with Crippen molar-refractivity contribution in [3.05, 3.63) is 65.2 Å².